The first-order chi connectivity index (χ1) is 5.86. The van der Waals surface area contributed by atoms with E-state index in [-0.39, 0.29) is 0 Å². The van der Waals surface area contributed by atoms with E-state index in [1.165, 1.54) is 12.8 Å². The molecular formula is C8H17N3O. The van der Waals surface area contributed by atoms with Crippen LogP contribution >= 0.6 is 0 Å². The highest BCUT2D eigenvalue weighted by atomic mass is 16.5. The van der Waals surface area contributed by atoms with Crippen LogP contribution in [0.25, 0.3) is 0 Å². The van der Waals surface area contributed by atoms with Crippen molar-refractivity contribution < 1.29 is 4.74 Å². The van der Waals surface area contributed by atoms with E-state index in [1.54, 1.807) is 7.05 Å². The number of nitrogens with two attached hydrogens (primary N) is 1. The highest BCUT2D eigenvalue weighted by molar-refractivity contribution is 5.81. The minimum Gasteiger partial charge on any atom is -0.378 e. The fourth-order valence-electron chi connectivity index (χ4n) is 1.40. The molecule has 1 rings (SSSR count). The number of ether oxygens (including phenoxy) is 1. The molecule has 0 aromatic rings. The molecule has 0 amide bonds. The van der Waals surface area contributed by atoms with Gasteiger partial charge >= 0.3 is 0 Å². The number of hydrazine groups is 1. The Bertz CT molecular complexity index is 152. The second-order valence-electron chi connectivity index (χ2n) is 3.01. The lowest BCUT2D eigenvalue weighted by atomic mass is 10.1. The van der Waals surface area contributed by atoms with Crippen molar-refractivity contribution in [3.8, 4) is 0 Å². The molecule has 0 bridgehead atoms. The number of nitrogens with one attached hydrogen (secondary N) is 1. The lowest BCUT2D eigenvalue weighted by Gasteiger charge is -2.22. The van der Waals surface area contributed by atoms with Crippen LogP contribution in [0.4, 0.5) is 0 Å². The van der Waals surface area contributed by atoms with Crippen molar-refractivity contribution in [2.75, 3.05) is 13.7 Å². The van der Waals surface area contributed by atoms with E-state index < -0.39 is 0 Å². The van der Waals surface area contributed by atoms with Gasteiger partial charge in [-0.25, -0.2) is 5.84 Å². The highest BCUT2D eigenvalue weighted by Crippen LogP contribution is 2.15. The summed E-state index contributed by atoms with van der Waals surface area (Å²) >= 11 is 0. The van der Waals surface area contributed by atoms with Gasteiger partial charge in [-0.3, -0.25) is 4.99 Å². The van der Waals surface area contributed by atoms with Crippen LogP contribution in [0.15, 0.2) is 4.99 Å². The van der Waals surface area contributed by atoms with Crippen molar-refractivity contribution in [3.05, 3.63) is 0 Å². The Kier molecular flexibility index (Phi) is 4.04. The SMILES string of the molecule is CN=C(CC1CCCCO1)NN. The molecule has 1 heterocycles. The summed E-state index contributed by atoms with van der Waals surface area (Å²) < 4.78 is 5.54. The van der Waals surface area contributed by atoms with Crippen LogP contribution in [0.1, 0.15) is 25.7 Å². The Morgan fingerprint density at radius 1 is 1.67 bits per heavy atom. The van der Waals surface area contributed by atoms with Crippen molar-refractivity contribution in [1.29, 1.82) is 0 Å². The maximum absolute atomic E-state index is 5.54. The van der Waals surface area contributed by atoms with Crippen molar-refractivity contribution in [2.45, 2.75) is 31.8 Å². The quantitative estimate of drug-likeness (QED) is 0.274. The van der Waals surface area contributed by atoms with E-state index in [2.05, 4.69) is 10.4 Å². The minimum absolute atomic E-state index is 0.313. The summed E-state index contributed by atoms with van der Waals surface area (Å²) in [5.41, 5.74) is 2.57. The Morgan fingerprint density at radius 3 is 3.00 bits per heavy atom. The van der Waals surface area contributed by atoms with Gasteiger partial charge in [0.15, 0.2) is 0 Å². The summed E-state index contributed by atoms with van der Waals surface area (Å²) in [6, 6.07) is 0. The fraction of sp³-hybridized carbons (Fsp3) is 0.875. The fourth-order valence-corrected chi connectivity index (χ4v) is 1.40. The molecule has 0 aromatic carbocycles. The molecule has 1 fully saturated rings. The molecular weight excluding hydrogens is 154 g/mol. The van der Waals surface area contributed by atoms with Gasteiger partial charge in [0.05, 0.1) is 6.10 Å². The number of hydrogen-bond acceptors (Lipinski definition) is 3. The van der Waals surface area contributed by atoms with E-state index in [0.717, 1.165) is 25.3 Å². The summed E-state index contributed by atoms with van der Waals surface area (Å²) in [6.07, 6.45) is 4.69. The molecule has 0 radical (unpaired) electrons. The smallest absolute Gasteiger partial charge is 0.113 e. The van der Waals surface area contributed by atoms with E-state index >= 15 is 0 Å². The highest BCUT2D eigenvalue weighted by Gasteiger charge is 2.15. The molecule has 12 heavy (non-hydrogen) atoms. The van der Waals surface area contributed by atoms with E-state index in [9.17, 15) is 0 Å². The normalized spacial score (nSPS) is 25.5. The van der Waals surface area contributed by atoms with Gasteiger partial charge in [-0.05, 0) is 19.3 Å². The monoisotopic (exact) mass is 171 g/mol. The Morgan fingerprint density at radius 2 is 2.50 bits per heavy atom. The van der Waals surface area contributed by atoms with Crippen LogP contribution < -0.4 is 11.3 Å². The molecule has 0 saturated carbocycles. The van der Waals surface area contributed by atoms with Crippen molar-refractivity contribution in [3.63, 3.8) is 0 Å². The van der Waals surface area contributed by atoms with E-state index in [0.29, 0.717) is 6.10 Å². The summed E-state index contributed by atoms with van der Waals surface area (Å²) in [4.78, 5) is 4.00. The van der Waals surface area contributed by atoms with Crippen LogP contribution in [-0.4, -0.2) is 25.6 Å². The molecule has 1 saturated heterocycles. The lowest BCUT2D eigenvalue weighted by molar-refractivity contribution is 0.0206. The van der Waals surface area contributed by atoms with Gasteiger partial charge in [-0.15, -0.1) is 0 Å². The molecule has 70 valence electrons. The molecule has 4 heteroatoms. The summed E-state index contributed by atoms with van der Waals surface area (Å²) in [5, 5.41) is 0. The average molecular weight is 171 g/mol. The van der Waals surface area contributed by atoms with Gasteiger partial charge in [0.25, 0.3) is 0 Å². The van der Waals surface area contributed by atoms with Crippen LogP contribution in [0.5, 0.6) is 0 Å². The molecule has 1 unspecified atom stereocenters. The number of aliphatic imine (C=N–C) groups is 1. The maximum atomic E-state index is 5.54. The van der Waals surface area contributed by atoms with Gasteiger partial charge in [0.2, 0.25) is 0 Å². The van der Waals surface area contributed by atoms with E-state index in [4.69, 9.17) is 10.6 Å². The summed E-state index contributed by atoms with van der Waals surface area (Å²) in [6.45, 7) is 0.881. The molecule has 1 aliphatic heterocycles. The predicted molar refractivity (Wildman–Crippen MR) is 48.9 cm³/mol. The average Bonchev–Trinajstić information content (AvgIpc) is 2.16. The van der Waals surface area contributed by atoms with Crippen molar-refractivity contribution in [2.24, 2.45) is 10.8 Å². The lowest BCUT2D eigenvalue weighted by Crippen LogP contribution is -2.34. The standard InChI is InChI=1S/C8H17N3O/c1-10-8(11-9)6-7-4-2-3-5-12-7/h7H,2-6,9H2,1H3,(H,10,11). The van der Waals surface area contributed by atoms with Crippen LogP contribution in [0.3, 0.4) is 0 Å². The summed E-state index contributed by atoms with van der Waals surface area (Å²) in [5.74, 6) is 6.09. The molecule has 4 nitrogen and oxygen atoms in total. The first kappa shape index (κ1) is 9.48. The molecule has 1 atom stereocenters. The van der Waals surface area contributed by atoms with Gasteiger partial charge < -0.3 is 10.2 Å². The molecule has 0 aliphatic carbocycles. The van der Waals surface area contributed by atoms with Crippen molar-refractivity contribution >= 4 is 5.84 Å². The first-order valence-corrected chi connectivity index (χ1v) is 4.40. The van der Waals surface area contributed by atoms with Gasteiger partial charge in [0, 0.05) is 20.1 Å². The second-order valence-corrected chi connectivity index (χ2v) is 3.01. The first-order valence-electron chi connectivity index (χ1n) is 4.40. The Balaban J connectivity index is 2.28. The number of amidine groups is 1. The number of nitrogens with zero attached hydrogens (tertiary/aromatic N) is 1. The topological polar surface area (TPSA) is 59.6 Å². The van der Waals surface area contributed by atoms with Gasteiger partial charge in [0.1, 0.15) is 5.84 Å². The third kappa shape index (κ3) is 2.79. The van der Waals surface area contributed by atoms with Crippen LogP contribution in [0.2, 0.25) is 0 Å². The maximum Gasteiger partial charge on any atom is 0.113 e. The van der Waals surface area contributed by atoms with Crippen LogP contribution in [0, 0.1) is 0 Å². The zero-order valence-corrected chi connectivity index (χ0v) is 7.55. The van der Waals surface area contributed by atoms with Crippen molar-refractivity contribution in [1.82, 2.24) is 5.43 Å². The third-order valence-electron chi connectivity index (χ3n) is 2.13. The summed E-state index contributed by atoms with van der Waals surface area (Å²) in [7, 11) is 1.73. The zero-order chi connectivity index (χ0) is 8.81. The Hall–Kier alpha value is -0.610. The zero-order valence-electron chi connectivity index (χ0n) is 7.55. The molecule has 3 N–H and O–H groups in total. The molecule has 0 spiro atoms. The number of hydrogen-bond donors (Lipinski definition) is 2. The van der Waals surface area contributed by atoms with E-state index in [1.807, 2.05) is 0 Å². The molecule has 0 aromatic heterocycles. The predicted octanol–water partition coefficient (Wildman–Crippen LogP) is 0.437. The van der Waals surface area contributed by atoms with Gasteiger partial charge in [-0.2, -0.15) is 0 Å². The third-order valence-corrected chi connectivity index (χ3v) is 2.13. The van der Waals surface area contributed by atoms with Gasteiger partial charge in [-0.1, -0.05) is 0 Å². The minimum atomic E-state index is 0.313. The molecule has 1 aliphatic rings. The largest absolute Gasteiger partial charge is 0.378 e. The van der Waals surface area contributed by atoms with Crippen LogP contribution in [-0.2, 0) is 4.74 Å². The number of rotatable bonds is 2. The Labute approximate surface area is 73.2 Å². The second kappa shape index (κ2) is 5.11.